The second-order valence-electron chi connectivity index (χ2n) is 8.15. The van der Waals surface area contributed by atoms with E-state index in [2.05, 4.69) is 13.8 Å². The zero-order chi connectivity index (χ0) is 23.4. The number of hydrogen-bond acceptors (Lipinski definition) is 8. The monoisotopic (exact) mass is 448 g/mol. The number of aliphatic hydroxyl groups is 1. The molecule has 0 radical (unpaired) electrons. The van der Waals surface area contributed by atoms with Crippen LogP contribution in [-0.2, 0) is 23.7 Å². The van der Waals surface area contributed by atoms with Crippen LogP contribution in [0, 0.1) is 17.8 Å². The molecule has 32 heavy (non-hydrogen) atoms. The van der Waals surface area contributed by atoms with Gasteiger partial charge in [0, 0.05) is 5.92 Å². The topological polar surface area (TPSA) is 92.7 Å². The van der Waals surface area contributed by atoms with Gasteiger partial charge in [-0.2, -0.15) is 0 Å². The van der Waals surface area contributed by atoms with Crippen molar-refractivity contribution in [3.05, 3.63) is 46.6 Å². The maximum Gasteiger partial charge on any atom is 0.293 e. The number of allylic oxidation sites excluding steroid dienone is 2. The van der Waals surface area contributed by atoms with Crippen LogP contribution in [0.4, 0.5) is 0 Å². The van der Waals surface area contributed by atoms with Crippen LogP contribution in [0.5, 0.6) is 11.5 Å². The smallest absolute Gasteiger partial charge is 0.293 e. The van der Waals surface area contributed by atoms with E-state index in [0.717, 1.165) is 11.1 Å². The first kappa shape index (κ1) is 23.8. The van der Waals surface area contributed by atoms with Gasteiger partial charge in [-0.05, 0) is 54.0 Å². The molecule has 1 N–H and O–H groups in total. The van der Waals surface area contributed by atoms with Gasteiger partial charge in [-0.3, -0.25) is 4.79 Å². The summed E-state index contributed by atoms with van der Waals surface area (Å²) < 4.78 is 32.7. The summed E-state index contributed by atoms with van der Waals surface area (Å²) in [5.74, 6) is 2.59. The quantitative estimate of drug-likeness (QED) is 0.348. The molecule has 1 aromatic rings. The summed E-state index contributed by atoms with van der Waals surface area (Å²) in [6, 6.07) is 3.78. The van der Waals surface area contributed by atoms with Crippen LogP contribution in [0.1, 0.15) is 43.9 Å². The Morgan fingerprint density at radius 3 is 2.38 bits per heavy atom. The fraction of sp³-hybridized carbons (Fsp3) is 0.542. The lowest BCUT2D eigenvalue weighted by Crippen LogP contribution is -2.36. The first-order chi connectivity index (χ1) is 15.4. The minimum absolute atomic E-state index is 0.0133. The molecular formula is C24H32O8. The Bertz CT molecular complexity index is 890. The fourth-order valence-electron chi connectivity index (χ4n) is 4.83. The molecule has 0 saturated carbocycles. The number of aliphatic hydroxyl groups excluding tert-OH is 1. The number of ether oxygens (including phenoxy) is 6. The highest BCUT2D eigenvalue weighted by molar-refractivity contribution is 5.52. The number of fused-ring (bicyclic) bond motifs is 2. The van der Waals surface area contributed by atoms with Gasteiger partial charge >= 0.3 is 0 Å². The van der Waals surface area contributed by atoms with Gasteiger partial charge in [-0.25, -0.2) is 0 Å². The molecule has 1 aliphatic carbocycles. The number of carbonyl (C=O) groups excluding carboxylic acids is 1. The van der Waals surface area contributed by atoms with E-state index in [4.69, 9.17) is 28.4 Å². The zero-order valence-electron chi connectivity index (χ0n) is 19.4. The maximum absolute atomic E-state index is 11.1. The Morgan fingerprint density at radius 1 is 1.16 bits per heavy atom. The summed E-state index contributed by atoms with van der Waals surface area (Å²) in [5, 5.41) is 11.1. The minimum atomic E-state index is -0.797. The average Bonchev–Trinajstić information content (AvgIpc) is 3.25. The molecule has 8 heteroatoms. The summed E-state index contributed by atoms with van der Waals surface area (Å²) in [4.78, 5) is 10.9. The average molecular weight is 449 g/mol. The van der Waals surface area contributed by atoms with E-state index in [1.54, 1.807) is 28.3 Å². The third kappa shape index (κ3) is 4.37. The molecule has 0 saturated heterocycles. The van der Waals surface area contributed by atoms with Gasteiger partial charge in [0.2, 0.25) is 6.79 Å². The molecule has 1 aliphatic heterocycles. The van der Waals surface area contributed by atoms with Crippen LogP contribution >= 0.6 is 0 Å². The lowest BCUT2D eigenvalue weighted by atomic mass is 9.64. The number of hydrogen-bond donors (Lipinski definition) is 1. The van der Waals surface area contributed by atoms with E-state index in [0.29, 0.717) is 35.2 Å². The largest absolute Gasteiger partial charge is 0.497 e. The Morgan fingerprint density at radius 2 is 1.81 bits per heavy atom. The molecule has 3 rings (SSSR count). The normalized spacial score (nSPS) is 25.9. The molecule has 1 unspecified atom stereocenters. The van der Waals surface area contributed by atoms with Gasteiger partial charge in [0.1, 0.15) is 5.76 Å². The Kier molecular flexibility index (Phi) is 7.56. The molecule has 0 bridgehead atoms. The molecule has 0 fully saturated rings. The van der Waals surface area contributed by atoms with Crippen LogP contribution in [-0.4, -0.2) is 46.3 Å². The summed E-state index contributed by atoms with van der Waals surface area (Å²) in [6.07, 6.45) is 1.20. The van der Waals surface area contributed by atoms with E-state index in [1.165, 1.54) is 0 Å². The van der Waals surface area contributed by atoms with Crippen molar-refractivity contribution in [1.82, 2.24) is 0 Å². The van der Waals surface area contributed by atoms with E-state index < -0.39 is 6.10 Å². The van der Waals surface area contributed by atoms with Crippen LogP contribution in [0.15, 0.2) is 35.5 Å². The molecule has 8 nitrogen and oxygen atoms in total. The van der Waals surface area contributed by atoms with Gasteiger partial charge in [0.15, 0.2) is 23.0 Å². The molecule has 176 valence electrons. The summed E-state index contributed by atoms with van der Waals surface area (Å²) >= 11 is 0. The third-order valence-corrected chi connectivity index (χ3v) is 6.51. The second-order valence-corrected chi connectivity index (χ2v) is 8.15. The van der Waals surface area contributed by atoms with Crippen molar-refractivity contribution in [3.8, 4) is 11.5 Å². The zero-order valence-corrected chi connectivity index (χ0v) is 19.4. The van der Waals surface area contributed by atoms with Crippen LogP contribution in [0.25, 0.3) is 0 Å². The van der Waals surface area contributed by atoms with Crippen molar-refractivity contribution in [2.24, 2.45) is 17.8 Å². The van der Waals surface area contributed by atoms with E-state index >= 15 is 0 Å². The predicted molar refractivity (Wildman–Crippen MR) is 116 cm³/mol. The van der Waals surface area contributed by atoms with Crippen molar-refractivity contribution in [1.29, 1.82) is 0 Å². The van der Waals surface area contributed by atoms with Crippen LogP contribution in [0.2, 0.25) is 0 Å². The SMILES string of the molecule is CO/C(C)=C(OC)/C(=C\[C@@H](C)C1c2cc3c(cc2[C@@H](O)[C@@H](COC=O)[C@@H]1C)OCO3)OC. The predicted octanol–water partition coefficient (Wildman–Crippen LogP) is 3.66. The van der Waals surface area contributed by atoms with Crippen molar-refractivity contribution < 1.29 is 38.3 Å². The summed E-state index contributed by atoms with van der Waals surface area (Å²) in [6.45, 7) is 6.63. The third-order valence-electron chi connectivity index (χ3n) is 6.51. The highest BCUT2D eigenvalue weighted by Crippen LogP contribution is 2.52. The molecule has 1 heterocycles. The highest BCUT2D eigenvalue weighted by atomic mass is 16.7. The number of rotatable bonds is 9. The van der Waals surface area contributed by atoms with E-state index in [-0.39, 0.29) is 37.1 Å². The van der Waals surface area contributed by atoms with E-state index in [1.807, 2.05) is 18.2 Å². The Balaban J connectivity index is 2.08. The minimum Gasteiger partial charge on any atom is -0.497 e. The van der Waals surface area contributed by atoms with Crippen molar-refractivity contribution in [2.45, 2.75) is 32.8 Å². The number of benzene rings is 1. The standard InChI is InChI=1S/C24H32O8/c1-13(7-21(28-5)24(29-6)15(3)27-4)22-14(2)18(10-30-11-25)23(26)17-9-20-19(8-16(17)22)31-12-32-20/h7-9,11,13-14,18,22-23,26H,10,12H2,1-6H3/b21-7+,24-15-/t13-,14+,18+,22?,23-/m1/s1. The van der Waals surface area contributed by atoms with Gasteiger partial charge in [0.05, 0.1) is 34.0 Å². The van der Waals surface area contributed by atoms with Crippen LogP contribution in [0.3, 0.4) is 0 Å². The number of carbonyl (C=O) groups is 1. The van der Waals surface area contributed by atoms with Gasteiger partial charge in [-0.15, -0.1) is 0 Å². The first-order valence-electron chi connectivity index (χ1n) is 10.6. The molecule has 2 aliphatic rings. The molecule has 0 spiro atoms. The van der Waals surface area contributed by atoms with Gasteiger partial charge < -0.3 is 33.5 Å². The lowest BCUT2D eigenvalue weighted by Gasteiger charge is -2.42. The van der Waals surface area contributed by atoms with Crippen LogP contribution < -0.4 is 9.47 Å². The number of methoxy groups -OCH3 is 3. The van der Waals surface area contributed by atoms with Crippen molar-refractivity contribution >= 4 is 6.47 Å². The fourth-order valence-corrected chi connectivity index (χ4v) is 4.83. The second kappa shape index (κ2) is 10.2. The lowest BCUT2D eigenvalue weighted by molar-refractivity contribution is -0.132. The van der Waals surface area contributed by atoms with Gasteiger partial charge in [0.25, 0.3) is 6.47 Å². The molecule has 1 aromatic carbocycles. The maximum atomic E-state index is 11.1. The summed E-state index contributed by atoms with van der Waals surface area (Å²) in [7, 11) is 4.73. The summed E-state index contributed by atoms with van der Waals surface area (Å²) in [5.41, 5.74) is 1.73. The van der Waals surface area contributed by atoms with Crippen molar-refractivity contribution in [3.63, 3.8) is 0 Å². The van der Waals surface area contributed by atoms with Gasteiger partial charge in [-0.1, -0.05) is 13.8 Å². The molecule has 5 atom stereocenters. The van der Waals surface area contributed by atoms with E-state index in [9.17, 15) is 9.90 Å². The molecule has 0 aromatic heterocycles. The Labute approximate surface area is 188 Å². The first-order valence-corrected chi connectivity index (χ1v) is 10.6. The highest BCUT2D eigenvalue weighted by Gasteiger charge is 2.43. The van der Waals surface area contributed by atoms with Crippen molar-refractivity contribution in [2.75, 3.05) is 34.7 Å². The molecular weight excluding hydrogens is 416 g/mol. The Hall–Kier alpha value is -2.87. The molecule has 0 amide bonds.